The maximum absolute atomic E-state index is 12.2. The van der Waals surface area contributed by atoms with Crippen LogP contribution >= 0.6 is 11.8 Å². The van der Waals surface area contributed by atoms with E-state index in [0.717, 1.165) is 10.5 Å². The minimum atomic E-state index is -0.987. The van der Waals surface area contributed by atoms with E-state index in [1.807, 2.05) is 57.4 Å². The first kappa shape index (κ1) is 20.5. The molecule has 0 unspecified atom stereocenters. The van der Waals surface area contributed by atoms with E-state index in [9.17, 15) is 9.18 Å². The summed E-state index contributed by atoms with van der Waals surface area (Å²) in [5.41, 5.74) is -0.377. The first-order valence-corrected chi connectivity index (χ1v) is 9.63. The quantitative estimate of drug-likeness (QED) is 0.520. The second-order valence-corrected chi connectivity index (χ2v) is 8.16. The van der Waals surface area contributed by atoms with Crippen molar-refractivity contribution >= 4 is 17.7 Å². The highest BCUT2D eigenvalue weighted by Crippen LogP contribution is 2.40. The van der Waals surface area contributed by atoms with Gasteiger partial charge in [0.1, 0.15) is 5.82 Å². The van der Waals surface area contributed by atoms with Crippen LogP contribution in [-0.2, 0) is 19.9 Å². The monoisotopic (exact) mass is 376 g/mol. The van der Waals surface area contributed by atoms with Gasteiger partial charge in [-0.1, -0.05) is 51.1 Å². The molecule has 1 aliphatic rings. The van der Waals surface area contributed by atoms with Crippen LogP contribution in [-0.4, -0.2) is 18.5 Å². The fourth-order valence-electron chi connectivity index (χ4n) is 2.36. The minimum absolute atomic E-state index is 0.173. The Labute approximate surface area is 158 Å². The van der Waals surface area contributed by atoms with E-state index in [1.54, 1.807) is 30.8 Å². The number of carbonyl (C=O) groups excluding carboxylic acids is 1. The van der Waals surface area contributed by atoms with E-state index in [-0.39, 0.29) is 17.2 Å². The maximum Gasteiger partial charge on any atom is 0.345 e. The maximum atomic E-state index is 12.2. The summed E-state index contributed by atoms with van der Waals surface area (Å²) in [7, 11) is 0. The molecule has 1 aliphatic heterocycles. The second-order valence-electron chi connectivity index (χ2n) is 7.28. The summed E-state index contributed by atoms with van der Waals surface area (Å²) < 4.78 is 23.4. The molecule has 2 aromatic carbocycles. The summed E-state index contributed by atoms with van der Waals surface area (Å²) in [6.07, 6.45) is 1.47. The average molecular weight is 376 g/mol. The summed E-state index contributed by atoms with van der Waals surface area (Å²) in [6, 6.07) is 15.9. The molecule has 26 heavy (non-hydrogen) atoms. The van der Waals surface area contributed by atoms with Crippen molar-refractivity contribution in [3.05, 3.63) is 66.0 Å². The molecule has 0 radical (unpaired) electrons. The smallest absolute Gasteiger partial charge is 0.345 e. The molecule has 140 valence electrons. The first-order valence-electron chi connectivity index (χ1n) is 8.41. The molecule has 0 saturated carbocycles. The van der Waals surface area contributed by atoms with Crippen LogP contribution in [0.3, 0.4) is 0 Å². The molecule has 0 spiro atoms. The minimum Gasteiger partial charge on any atom is -0.433 e. The molecule has 0 bridgehead atoms. The van der Waals surface area contributed by atoms with Gasteiger partial charge in [-0.15, -0.1) is 11.8 Å². The number of hydrogen-bond donors (Lipinski definition) is 0. The number of benzene rings is 2. The molecule has 0 aliphatic carbocycles. The van der Waals surface area contributed by atoms with E-state index >= 15 is 0 Å². The van der Waals surface area contributed by atoms with Gasteiger partial charge in [0.25, 0.3) is 0 Å². The number of cyclic esters (lactones) is 1. The Morgan fingerprint density at radius 1 is 1.04 bits per heavy atom. The van der Waals surface area contributed by atoms with E-state index < -0.39 is 11.9 Å². The van der Waals surface area contributed by atoms with Crippen molar-refractivity contribution in [1.29, 1.82) is 0 Å². The fourth-order valence-corrected chi connectivity index (χ4v) is 2.77. The van der Waals surface area contributed by atoms with Crippen LogP contribution in [0, 0.1) is 11.2 Å². The molecular weight excluding hydrogens is 351 g/mol. The van der Waals surface area contributed by atoms with Gasteiger partial charge >= 0.3 is 5.97 Å². The molecular formula is C21H25FO3S. The predicted molar refractivity (Wildman–Crippen MR) is 102 cm³/mol. The summed E-state index contributed by atoms with van der Waals surface area (Å²) in [4.78, 5) is 13.1. The third-order valence-corrected chi connectivity index (χ3v) is 4.77. The zero-order chi connectivity index (χ0) is 19.4. The van der Waals surface area contributed by atoms with Crippen LogP contribution in [0.4, 0.5) is 4.39 Å². The SMILES string of the molecule is CC(C)(C)[C@@H]1OC(=O)[C@@](C)(c2ccccc2)O1.CSc1ccc(F)cc1. The molecule has 0 aromatic heterocycles. The van der Waals surface area contributed by atoms with Crippen molar-refractivity contribution < 1.29 is 18.7 Å². The van der Waals surface area contributed by atoms with E-state index in [0.29, 0.717) is 0 Å². The normalized spacial score (nSPS) is 22.4. The lowest BCUT2D eigenvalue weighted by Gasteiger charge is -2.26. The Balaban J connectivity index is 0.000000228. The number of rotatable bonds is 2. The van der Waals surface area contributed by atoms with Gasteiger partial charge in [0, 0.05) is 10.3 Å². The van der Waals surface area contributed by atoms with Crippen molar-refractivity contribution in [1.82, 2.24) is 0 Å². The van der Waals surface area contributed by atoms with Crippen molar-refractivity contribution in [2.75, 3.05) is 6.26 Å². The number of halogens is 1. The van der Waals surface area contributed by atoms with E-state index in [4.69, 9.17) is 9.47 Å². The van der Waals surface area contributed by atoms with Gasteiger partial charge < -0.3 is 9.47 Å². The topological polar surface area (TPSA) is 35.5 Å². The van der Waals surface area contributed by atoms with Gasteiger partial charge in [-0.2, -0.15) is 0 Å². The van der Waals surface area contributed by atoms with Crippen molar-refractivity contribution in [2.24, 2.45) is 5.41 Å². The molecule has 1 fully saturated rings. The standard InChI is InChI=1S/C14H18O3.C7H7FS/c1-13(2,3)12-16-11(15)14(4,17-12)10-8-6-5-7-9-10;1-9-7-4-2-6(8)3-5-7/h5-9,12H,1-4H3;2-5H,1H3/t12-,14-;/m1./s1. The van der Waals surface area contributed by atoms with Crippen molar-refractivity contribution in [3.63, 3.8) is 0 Å². The van der Waals surface area contributed by atoms with Gasteiger partial charge in [-0.3, -0.25) is 0 Å². The largest absolute Gasteiger partial charge is 0.433 e. The Hall–Kier alpha value is -1.85. The van der Waals surface area contributed by atoms with Gasteiger partial charge in [0.05, 0.1) is 0 Å². The highest BCUT2D eigenvalue weighted by atomic mass is 32.2. The summed E-state index contributed by atoms with van der Waals surface area (Å²) in [6.45, 7) is 7.72. The predicted octanol–water partition coefficient (Wildman–Crippen LogP) is 5.40. The molecule has 2 atom stereocenters. The zero-order valence-corrected chi connectivity index (χ0v) is 16.6. The first-order chi connectivity index (χ1) is 12.2. The number of carbonyl (C=O) groups is 1. The number of esters is 1. The summed E-state index contributed by atoms with van der Waals surface area (Å²) in [5.74, 6) is -0.489. The number of ether oxygens (including phenoxy) is 2. The van der Waals surface area contributed by atoms with Gasteiger partial charge in [-0.05, 0) is 43.0 Å². The molecule has 0 N–H and O–H groups in total. The second kappa shape index (κ2) is 8.23. The number of thioether (sulfide) groups is 1. The number of hydrogen-bond acceptors (Lipinski definition) is 4. The molecule has 5 heteroatoms. The Morgan fingerprint density at radius 3 is 2.08 bits per heavy atom. The van der Waals surface area contributed by atoms with Gasteiger partial charge in [0.15, 0.2) is 5.60 Å². The molecule has 3 rings (SSSR count). The average Bonchev–Trinajstić information content (AvgIpc) is 2.94. The van der Waals surface area contributed by atoms with Crippen LogP contribution < -0.4 is 0 Å². The van der Waals surface area contributed by atoms with Crippen LogP contribution in [0.25, 0.3) is 0 Å². The van der Waals surface area contributed by atoms with Crippen LogP contribution in [0.15, 0.2) is 59.5 Å². The summed E-state index contributed by atoms with van der Waals surface area (Å²) in [5, 5.41) is 0. The Morgan fingerprint density at radius 2 is 1.62 bits per heavy atom. The Bertz CT molecular complexity index is 725. The molecule has 1 saturated heterocycles. The molecule has 2 aromatic rings. The van der Waals surface area contributed by atoms with Crippen LogP contribution in [0.5, 0.6) is 0 Å². The van der Waals surface area contributed by atoms with E-state index in [2.05, 4.69) is 0 Å². The lowest BCUT2D eigenvalue weighted by molar-refractivity contribution is -0.155. The third-order valence-electron chi connectivity index (χ3n) is 4.03. The highest BCUT2D eigenvalue weighted by molar-refractivity contribution is 7.98. The highest BCUT2D eigenvalue weighted by Gasteiger charge is 2.51. The lowest BCUT2D eigenvalue weighted by Crippen LogP contribution is -2.31. The molecule has 3 nitrogen and oxygen atoms in total. The van der Waals surface area contributed by atoms with Gasteiger partial charge in [0.2, 0.25) is 6.29 Å². The summed E-state index contributed by atoms with van der Waals surface area (Å²) >= 11 is 1.61. The molecule has 0 amide bonds. The van der Waals surface area contributed by atoms with Crippen molar-refractivity contribution in [3.8, 4) is 0 Å². The lowest BCUT2D eigenvalue weighted by atomic mass is 9.95. The molecule has 1 heterocycles. The van der Waals surface area contributed by atoms with Crippen molar-refractivity contribution in [2.45, 2.75) is 44.5 Å². The van der Waals surface area contributed by atoms with Crippen LogP contribution in [0.2, 0.25) is 0 Å². The Kier molecular flexibility index (Phi) is 6.48. The van der Waals surface area contributed by atoms with Gasteiger partial charge in [-0.25, -0.2) is 9.18 Å². The fraction of sp³-hybridized carbons (Fsp3) is 0.381. The van der Waals surface area contributed by atoms with Crippen LogP contribution in [0.1, 0.15) is 33.3 Å². The zero-order valence-electron chi connectivity index (χ0n) is 15.8. The van der Waals surface area contributed by atoms with E-state index in [1.165, 1.54) is 12.1 Å². The third kappa shape index (κ3) is 4.86.